The van der Waals surface area contributed by atoms with Gasteiger partial charge in [0, 0.05) is 12.5 Å². The van der Waals surface area contributed by atoms with Crippen LogP contribution < -0.4 is 5.32 Å². The molecule has 1 amide bonds. The van der Waals surface area contributed by atoms with Gasteiger partial charge in [-0.1, -0.05) is 13.8 Å². The summed E-state index contributed by atoms with van der Waals surface area (Å²) < 4.78 is 0. The lowest BCUT2D eigenvalue weighted by Crippen LogP contribution is -2.36. The average Bonchev–Trinajstić information content (AvgIpc) is 2.26. The van der Waals surface area contributed by atoms with E-state index in [1.54, 1.807) is 0 Å². The molecule has 88 valence electrons. The predicted molar refractivity (Wildman–Crippen MR) is 64.1 cm³/mol. The number of rotatable bonds is 4. The zero-order valence-electron chi connectivity index (χ0n) is 9.76. The molecule has 0 aromatic rings. The maximum absolute atomic E-state index is 11.8. The van der Waals surface area contributed by atoms with Gasteiger partial charge in [-0.25, -0.2) is 0 Å². The topological polar surface area (TPSA) is 29.1 Å². The summed E-state index contributed by atoms with van der Waals surface area (Å²) in [5.74, 6) is 1.24. The zero-order valence-corrected chi connectivity index (χ0v) is 10.5. The van der Waals surface area contributed by atoms with E-state index in [0.29, 0.717) is 6.54 Å². The Kier molecular flexibility index (Phi) is 5.44. The fourth-order valence-electron chi connectivity index (χ4n) is 2.02. The number of halogens is 1. The summed E-state index contributed by atoms with van der Waals surface area (Å²) in [6.07, 6.45) is 5.38. The van der Waals surface area contributed by atoms with Crippen LogP contribution in [0.1, 0.15) is 46.0 Å². The van der Waals surface area contributed by atoms with Crippen LogP contribution in [0.3, 0.4) is 0 Å². The third-order valence-electron chi connectivity index (χ3n) is 3.33. The highest BCUT2D eigenvalue weighted by Gasteiger charge is 2.24. The monoisotopic (exact) mass is 231 g/mol. The van der Waals surface area contributed by atoms with Crippen molar-refractivity contribution < 1.29 is 4.79 Å². The molecular weight excluding hydrogens is 210 g/mol. The molecule has 2 nitrogen and oxygen atoms in total. The Labute approximate surface area is 97.8 Å². The van der Waals surface area contributed by atoms with Crippen molar-refractivity contribution in [2.24, 2.45) is 11.8 Å². The van der Waals surface area contributed by atoms with Crippen LogP contribution >= 0.6 is 11.6 Å². The van der Waals surface area contributed by atoms with Crippen LogP contribution in [0, 0.1) is 11.8 Å². The van der Waals surface area contributed by atoms with Gasteiger partial charge in [0.1, 0.15) is 0 Å². The van der Waals surface area contributed by atoms with E-state index < -0.39 is 0 Å². The Balaban J connectivity index is 2.22. The van der Waals surface area contributed by atoms with Crippen molar-refractivity contribution in [2.75, 3.05) is 6.54 Å². The summed E-state index contributed by atoms with van der Waals surface area (Å²) in [4.78, 5) is 11.8. The average molecular weight is 232 g/mol. The van der Waals surface area contributed by atoms with Crippen LogP contribution in [0.2, 0.25) is 0 Å². The lowest BCUT2D eigenvalue weighted by atomic mass is 9.82. The molecule has 0 radical (unpaired) electrons. The molecule has 0 bridgehead atoms. The molecule has 15 heavy (non-hydrogen) atoms. The molecule has 3 heteroatoms. The molecular formula is C12H22ClNO. The van der Waals surface area contributed by atoms with Gasteiger partial charge in [0.25, 0.3) is 0 Å². The number of nitrogens with one attached hydrogen (secondary N) is 1. The van der Waals surface area contributed by atoms with Crippen LogP contribution in [-0.2, 0) is 4.79 Å². The number of hydrogen-bond acceptors (Lipinski definition) is 1. The van der Waals surface area contributed by atoms with Gasteiger partial charge in [-0.3, -0.25) is 4.79 Å². The first kappa shape index (κ1) is 12.8. The maximum atomic E-state index is 11.8. The SMILES string of the molecule is CCC(Cl)CNC(=O)C1CCC(C)CC1. The largest absolute Gasteiger partial charge is 0.354 e. The highest BCUT2D eigenvalue weighted by molar-refractivity contribution is 6.20. The summed E-state index contributed by atoms with van der Waals surface area (Å²) in [6.45, 7) is 4.91. The van der Waals surface area contributed by atoms with E-state index in [1.165, 1.54) is 12.8 Å². The first-order valence-corrected chi connectivity index (χ1v) is 6.48. The van der Waals surface area contributed by atoms with Crippen molar-refractivity contribution in [3.63, 3.8) is 0 Å². The van der Waals surface area contributed by atoms with Gasteiger partial charge in [0.15, 0.2) is 0 Å². The second-order valence-electron chi connectivity index (χ2n) is 4.71. The van der Waals surface area contributed by atoms with E-state index in [0.717, 1.165) is 25.2 Å². The van der Waals surface area contributed by atoms with Gasteiger partial charge in [-0.05, 0) is 38.0 Å². The van der Waals surface area contributed by atoms with Crippen molar-refractivity contribution >= 4 is 17.5 Å². The highest BCUT2D eigenvalue weighted by Crippen LogP contribution is 2.28. The quantitative estimate of drug-likeness (QED) is 0.741. The van der Waals surface area contributed by atoms with Gasteiger partial charge in [0.2, 0.25) is 5.91 Å². The van der Waals surface area contributed by atoms with E-state index in [2.05, 4.69) is 12.2 Å². The number of hydrogen-bond donors (Lipinski definition) is 1. The number of amides is 1. The fraction of sp³-hybridized carbons (Fsp3) is 0.917. The van der Waals surface area contributed by atoms with Crippen LogP contribution in [0.25, 0.3) is 0 Å². The molecule has 1 unspecified atom stereocenters. The maximum Gasteiger partial charge on any atom is 0.223 e. The van der Waals surface area contributed by atoms with Crippen molar-refractivity contribution in [1.82, 2.24) is 5.32 Å². The summed E-state index contributed by atoms with van der Waals surface area (Å²) in [6, 6.07) is 0. The standard InChI is InChI=1S/C12H22ClNO/c1-3-11(13)8-14-12(15)10-6-4-9(2)5-7-10/h9-11H,3-8H2,1-2H3,(H,14,15). The van der Waals surface area contributed by atoms with E-state index >= 15 is 0 Å². The zero-order chi connectivity index (χ0) is 11.3. The molecule has 0 spiro atoms. The van der Waals surface area contributed by atoms with Gasteiger partial charge in [-0.15, -0.1) is 11.6 Å². The van der Waals surface area contributed by atoms with Gasteiger partial charge >= 0.3 is 0 Å². The van der Waals surface area contributed by atoms with Gasteiger partial charge < -0.3 is 5.32 Å². The number of alkyl halides is 1. The third kappa shape index (κ3) is 4.42. The van der Waals surface area contributed by atoms with E-state index in [9.17, 15) is 4.79 Å². The normalized spacial score (nSPS) is 28.5. The van der Waals surface area contributed by atoms with E-state index in [4.69, 9.17) is 11.6 Å². The van der Waals surface area contributed by atoms with Crippen LogP contribution in [0.15, 0.2) is 0 Å². The Morgan fingerprint density at radius 1 is 1.40 bits per heavy atom. The molecule has 1 atom stereocenters. The fourth-order valence-corrected chi connectivity index (χ4v) is 2.10. The molecule has 1 saturated carbocycles. The minimum atomic E-state index is 0.0801. The Bertz CT molecular complexity index is 200. The smallest absolute Gasteiger partial charge is 0.223 e. The van der Waals surface area contributed by atoms with Crippen LogP contribution in [0.4, 0.5) is 0 Å². The lowest BCUT2D eigenvalue weighted by molar-refractivity contribution is -0.126. The van der Waals surface area contributed by atoms with Crippen molar-refractivity contribution in [2.45, 2.75) is 51.3 Å². The molecule has 1 rings (SSSR count). The Hall–Kier alpha value is -0.240. The van der Waals surface area contributed by atoms with Crippen LogP contribution in [-0.4, -0.2) is 17.8 Å². The minimum absolute atomic E-state index is 0.0801. The molecule has 0 aromatic heterocycles. The predicted octanol–water partition coefficient (Wildman–Crippen LogP) is 2.95. The Morgan fingerprint density at radius 2 is 2.00 bits per heavy atom. The van der Waals surface area contributed by atoms with Crippen molar-refractivity contribution in [3.05, 3.63) is 0 Å². The summed E-state index contributed by atoms with van der Waals surface area (Å²) >= 11 is 5.96. The third-order valence-corrected chi connectivity index (χ3v) is 3.79. The van der Waals surface area contributed by atoms with Crippen molar-refractivity contribution in [1.29, 1.82) is 0 Å². The minimum Gasteiger partial charge on any atom is -0.354 e. The first-order valence-electron chi connectivity index (χ1n) is 6.05. The molecule has 0 saturated heterocycles. The highest BCUT2D eigenvalue weighted by atomic mass is 35.5. The summed E-state index contributed by atoms with van der Waals surface area (Å²) in [5, 5.41) is 3.03. The van der Waals surface area contributed by atoms with Gasteiger partial charge in [-0.2, -0.15) is 0 Å². The molecule has 0 aromatic carbocycles. The molecule has 0 aliphatic heterocycles. The molecule has 1 aliphatic carbocycles. The number of carbonyl (C=O) groups excluding carboxylic acids is 1. The number of carbonyl (C=O) groups is 1. The lowest BCUT2D eigenvalue weighted by Gasteiger charge is -2.25. The second-order valence-corrected chi connectivity index (χ2v) is 5.32. The molecule has 1 N–H and O–H groups in total. The Morgan fingerprint density at radius 3 is 2.53 bits per heavy atom. The first-order chi connectivity index (χ1) is 7.13. The summed E-state index contributed by atoms with van der Waals surface area (Å²) in [7, 11) is 0. The molecule has 1 aliphatic rings. The van der Waals surface area contributed by atoms with Gasteiger partial charge in [0.05, 0.1) is 5.38 Å². The van der Waals surface area contributed by atoms with Crippen molar-refractivity contribution in [3.8, 4) is 0 Å². The second kappa shape index (κ2) is 6.37. The van der Waals surface area contributed by atoms with E-state index in [1.807, 2.05) is 6.92 Å². The van der Waals surface area contributed by atoms with E-state index in [-0.39, 0.29) is 17.2 Å². The summed E-state index contributed by atoms with van der Waals surface area (Å²) in [5.41, 5.74) is 0. The molecule has 0 heterocycles. The van der Waals surface area contributed by atoms with Crippen LogP contribution in [0.5, 0.6) is 0 Å². The molecule has 1 fully saturated rings.